The first-order valence-corrected chi connectivity index (χ1v) is 11.3. The zero-order valence-corrected chi connectivity index (χ0v) is 18.2. The van der Waals surface area contributed by atoms with Crippen LogP contribution in [0.3, 0.4) is 0 Å². The minimum absolute atomic E-state index is 0.220. The van der Waals surface area contributed by atoms with Crippen molar-refractivity contribution in [3.8, 4) is 11.3 Å². The molecule has 0 unspecified atom stereocenters. The Hall–Kier alpha value is -3.71. The Balaban J connectivity index is 1.42. The zero-order chi connectivity index (χ0) is 22.6. The van der Waals surface area contributed by atoms with Gasteiger partial charge in [0.15, 0.2) is 0 Å². The third-order valence-corrected chi connectivity index (χ3v) is 6.18. The van der Waals surface area contributed by atoms with Gasteiger partial charge in [-0.25, -0.2) is 4.98 Å². The molecular weight excluding hydrogens is 414 g/mol. The van der Waals surface area contributed by atoms with Gasteiger partial charge in [-0.2, -0.15) is 10.2 Å². The molecule has 1 amide bonds. The maximum atomic E-state index is 13.0. The normalized spacial score (nSPS) is 18.2. The van der Waals surface area contributed by atoms with Gasteiger partial charge in [0, 0.05) is 17.1 Å². The van der Waals surface area contributed by atoms with Crippen molar-refractivity contribution in [1.82, 2.24) is 25.5 Å². The lowest BCUT2D eigenvalue weighted by atomic mass is 9.92. The van der Waals surface area contributed by atoms with Crippen molar-refractivity contribution < 1.29 is 9.90 Å². The number of aliphatic hydroxyl groups excluding tert-OH is 1. The number of nitrogens with zero attached hydrogens (tertiary/aromatic N) is 4. The van der Waals surface area contributed by atoms with Gasteiger partial charge in [0.1, 0.15) is 5.69 Å². The van der Waals surface area contributed by atoms with E-state index in [2.05, 4.69) is 25.5 Å². The number of aromatic nitrogens is 4. The predicted octanol–water partition coefficient (Wildman–Crippen LogP) is 3.71. The fraction of sp³-hybridized carbons (Fsp3) is 0.269. The fourth-order valence-corrected chi connectivity index (χ4v) is 4.39. The second kappa shape index (κ2) is 9.42. The summed E-state index contributed by atoms with van der Waals surface area (Å²) >= 11 is 0. The van der Waals surface area contributed by atoms with E-state index in [0.717, 1.165) is 59.0 Å². The molecule has 0 bridgehead atoms. The third-order valence-electron chi connectivity index (χ3n) is 6.18. The molecule has 33 heavy (non-hydrogen) atoms. The summed E-state index contributed by atoms with van der Waals surface area (Å²) in [6, 6.07) is 15.4. The number of carbonyl (C=O) groups excluding carboxylic acids is 1. The topological polar surface area (TPSA) is 101 Å². The molecule has 7 heteroatoms. The molecule has 1 aliphatic carbocycles. The van der Waals surface area contributed by atoms with Crippen molar-refractivity contribution in [2.24, 2.45) is 0 Å². The molecule has 0 radical (unpaired) electrons. The van der Waals surface area contributed by atoms with Crippen LogP contribution in [-0.2, 0) is 6.42 Å². The SMILES string of the molecule is O=C(N[C@H]1CCCC[C@@H]1O)c1cc(Cc2ccc(-c3ccnnc3)nc2)c2ccccc2n1. The Bertz CT molecular complexity index is 1260. The molecule has 2 N–H and O–H groups in total. The molecule has 1 aliphatic rings. The van der Waals surface area contributed by atoms with Gasteiger partial charge in [0.2, 0.25) is 0 Å². The largest absolute Gasteiger partial charge is 0.391 e. The second-order valence-electron chi connectivity index (χ2n) is 8.48. The first kappa shape index (κ1) is 21.2. The summed E-state index contributed by atoms with van der Waals surface area (Å²) in [7, 11) is 0. The summed E-state index contributed by atoms with van der Waals surface area (Å²) in [6.07, 6.45) is 8.83. The van der Waals surface area contributed by atoms with E-state index in [-0.39, 0.29) is 11.9 Å². The number of rotatable bonds is 5. The van der Waals surface area contributed by atoms with Crippen LogP contribution in [0.5, 0.6) is 0 Å². The summed E-state index contributed by atoms with van der Waals surface area (Å²) in [5.41, 5.74) is 4.93. The molecule has 0 spiro atoms. The number of hydrogen-bond donors (Lipinski definition) is 2. The van der Waals surface area contributed by atoms with E-state index in [1.165, 1.54) is 0 Å². The number of nitrogens with one attached hydrogen (secondary N) is 1. The van der Waals surface area contributed by atoms with E-state index >= 15 is 0 Å². The zero-order valence-electron chi connectivity index (χ0n) is 18.2. The van der Waals surface area contributed by atoms with Crippen LogP contribution in [0.4, 0.5) is 0 Å². The summed E-state index contributed by atoms with van der Waals surface area (Å²) < 4.78 is 0. The molecule has 0 aliphatic heterocycles. The van der Waals surface area contributed by atoms with Gasteiger partial charge < -0.3 is 10.4 Å². The van der Waals surface area contributed by atoms with Gasteiger partial charge in [-0.1, -0.05) is 37.1 Å². The smallest absolute Gasteiger partial charge is 0.270 e. The van der Waals surface area contributed by atoms with Gasteiger partial charge in [0.25, 0.3) is 5.91 Å². The van der Waals surface area contributed by atoms with E-state index in [1.54, 1.807) is 12.4 Å². The summed E-state index contributed by atoms with van der Waals surface area (Å²) in [4.78, 5) is 22.2. The van der Waals surface area contributed by atoms with Crippen molar-refractivity contribution in [3.05, 3.63) is 83.9 Å². The third kappa shape index (κ3) is 4.73. The van der Waals surface area contributed by atoms with Crippen molar-refractivity contribution in [2.75, 3.05) is 0 Å². The highest BCUT2D eigenvalue weighted by Crippen LogP contribution is 2.24. The van der Waals surface area contributed by atoms with Crippen LogP contribution in [-0.4, -0.2) is 43.3 Å². The lowest BCUT2D eigenvalue weighted by Gasteiger charge is -2.28. The summed E-state index contributed by atoms with van der Waals surface area (Å²) in [6.45, 7) is 0. The van der Waals surface area contributed by atoms with E-state index in [9.17, 15) is 9.90 Å². The molecule has 0 saturated heterocycles. The highest BCUT2D eigenvalue weighted by Gasteiger charge is 2.25. The van der Waals surface area contributed by atoms with Gasteiger partial charge in [-0.15, -0.1) is 0 Å². The highest BCUT2D eigenvalue weighted by atomic mass is 16.3. The number of amides is 1. The quantitative estimate of drug-likeness (QED) is 0.492. The molecule has 1 aromatic carbocycles. The van der Waals surface area contributed by atoms with Crippen molar-refractivity contribution in [3.63, 3.8) is 0 Å². The molecule has 1 fully saturated rings. The average molecular weight is 440 g/mol. The lowest BCUT2D eigenvalue weighted by Crippen LogP contribution is -2.45. The minimum Gasteiger partial charge on any atom is -0.391 e. The number of carbonyl (C=O) groups is 1. The van der Waals surface area contributed by atoms with Crippen LogP contribution in [0, 0.1) is 0 Å². The monoisotopic (exact) mass is 439 g/mol. The molecule has 3 aromatic heterocycles. The van der Waals surface area contributed by atoms with E-state index in [0.29, 0.717) is 12.1 Å². The Morgan fingerprint density at radius 1 is 1.03 bits per heavy atom. The molecule has 2 atom stereocenters. The summed E-state index contributed by atoms with van der Waals surface area (Å²) in [5, 5.41) is 22.0. The van der Waals surface area contributed by atoms with E-state index in [1.807, 2.05) is 54.7 Å². The highest BCUT2D eigenvalue weighted by molar-refractivity contribution is 5.96. The van der Waals surface area contributed by atoms with Gasteiger partial charge in [0.05, 0.1) is 35.8 Å². The Morgan fingerprint density at radius 3 is 2.70 bits per heavy atom. The number of para-hydroxylation sites is 1. The number of hydrogen-bond acceptors (Lipinski definition) is 6. The van der Waals surface area contributed by atoms with Crippen LogP contribution >= 0.6 is 0 Å². The van der Waals surface area contributed by atoms with Crippen LogP contribution in [0.2, 0.25) is 0 Å². The fourth-order valence-electron chi connectivity index (χ4n) is 4.39. The van der Waals surface area contributed by atoms with E-state index < -0.39 is 6.10 Å². The Morgan fingerprint density at radius 2 is 1.91 bits per heavy atom. The van der Waals surface area contributed by atoms with Crippen LogP contribution in [0.1, 0.15) is 47.3 Å². The Kier molecular flexibility index (Phi) is 6.04. The van der Waals surface area contributed by atoms with Crippen molar-refractivity contribution in [1.29, 1.82) is 0 Å². The minimum atomic E-state index is -0.497. The van der Waals surface area contributed by atoms with Crippen molar-refractivity contribution >= 4 is 16.8 Å². The van der Waals surface area contributed by atoms with Crippen molar-refractivity contribution in [2.45, 2.75) is 44.2 Å². The van der Waals surface area contributed by atoms with Crippen LogP contribution < -0.4 is 5.32 Å². The number of benzene rings is 1. The maximum Gasteiger partial charge on any atom is 0.270 e. The van der Waals surface area contributed by atoms with Gasteiger partial charge >= 0.3 is 0 Å². The van der Waals surface area contributed by atoms with E-state index in [4.69, 9.17) is 0 Å². The first-order valence-electron chi connectivity index (χ1n) is 11.3. The van der Waals surface area contributed by atoms with Crippen LogP contribution in [0.15, 0.2) is 67.1 Å². The van der Waals surface area contributed by atoms with Crippen LogP contribution in [0.25, 0.3) is 22.2 Å². The Labute approximate surface area is 191 Å². The number of fused-ring (bicyclic) bond motifs is 1. The second-order valence-corrected chi connectivity index (χ2v) is 8.48. The molecule has 4 aromatic rings. The first-order chi connectivity index (χ1) is 16.2. The molecule has 166 valence electrons. The molecule has 7 nitrogen and oxygen atoms in total. The summed E-state index contributed by atoms with van der Waals surface area (Å²) in [5.74, 6) is -0.244. The lowest BCUT2D eigenvalue weighted by molar-refractivity contribution is 0.0714. The average Bonchev–Trinajstić information content (AvgIpc) is 2.86. The van der Waals surface area contributed by atoms with Gasteiger partial charge in [-0.3, -0.25) is 9.78 Å². The number of aliphatic hydroxyl groups is 1. The molecule has 5 rings (SSSR count). The predicted molar refractivity (Wildman–Crippen MR) is 126 cm³/mol. The maximum absolute atomic E-state index is 13.0. The standard InChI is InChI=1S/C26H25N5O2/c32-25-8-4-3-7-23(25)31-26(33)24-14-19(20-5-1-2-6-22(20)30-24)13-17-9-10-21(27-15-17)18-11-12-28-29-16-18/h1-2,5-6,9-12,14-16,23,25,32H,3-4,7-8,13H2,(H,31,33)/t23-,25-/m0/s1. The number of pyridine rings is 2. The molecule has 3 heterocycles. The van der Waals surface area contributed by atoms with Gasteiger partial charge in [-0.05, 0) is 54.7 Å². The molecule has 1 saturated carbocycles. The molecular formula is C26H25N5O2.